The second-order valence-corrected chi connectivity index (χ2v) is 8.92. The van der Waals surface area contributed by atoms with Crippen LogP contribution >= 0.6 is 15.9 Å². The molecule has 0 heterocycles. The molecule has 160 valence electrons. The normalized spacial score (nSPS) is 12.5. The van der Waals surface area contributed by atoms with Crippen molar-refractivity contribution in [1.82, 2.24) is 10.0 Å². The quantitative estimate of drug-likeness (QED) is 0.494. The molecule has 0 aromatic heterocycles. The number of methoxy groups -OCH3 is 1. The van der Waals surface area contributed by atoms with Gasteiger partial charge in [0, 0.05) is 22.8 Å². The number of amides is 1. The fourth-order valence-corrected chi connectivity index (χ4v) is 3.63. The first-order valence-corrected chi connectivity index (χ1v) is 11.5. The second kappa shape index (κ2) is 11.6. The smallest absolute Gasteiger partial charge is 0.307 e. The summed E-state index contributed by atoms with van der Waals surface area (Å²) in [6, 6.07) is 15.6. The molecule has 0 saturated heterocycles. The van der Waals surface area contributed by atoms with Crippen molar-refractivity contribution in [2.24, 2.45) is 0 Å². The molecule has 0 bridgehead atoms. The number of rotatable bonds is 10. The van der Waals surface area contributed by atoms with Gasteiger partial charge in [-0.25, -0.2) is 13.1 Å². The van der Waals surface area contributed by atoms with E-state index in [2.05, 4.69) is 26.0 Å². The number of benzene rings is 2. The molecule has 0 saturated carbocycles. The third-order valence-electron chi connectivity index (χ3n) is 4.10. The van der Waals surface area contributed by atoms with Crippen LogP contribution < -0.4 is 10.0 Å². The number of carbonyl (C=O) groups is 2. The van der Waals surface area contributed by atoms with E-state index in [0.717, 1.165) is 21.0 Å². The van der Waals surface area contributed by atoms with Crippen molar-refractivity contribution in [2.45, 2.75) is 18.9 Å². The van der Waals surface area contributed by atoms with Gasteiger partial charge in [-0.15, -0.1) is 0 Å². The SMILES string of the molecule is COC(=O)CC(NC(=O)CCNS(=O)(=O)/C=C/c1ccccc1)c1ccc(Br)cc1. The van der Waals surface area contributed by atoms with Gasteiger partial charge in [0.05, 0.1) is 19.6 Å². The Hall–Kier alpha value is -2.49. The van der Waals surface area contributed by atoms with Crippen LogP contribution in [0.25, 0.3) is 6.08 Å². The summed E-state index contributed by atoms with van der Waals surface area (Å²) in [4.78, 5) is 24.0. The molecule has 9 heteroatoms. The monoisotopic (exact) mass is 494 g/mol. The highest BCUT2D eigenvalue weighted by atomic mass is 79.9. The van der Waals surface area contributed by atoms with Crippen molar-refractivity contribution in [2.75, 3.05) is 13.7 Å². The van der Waals surface area contributed by atoms with Gasteiger partial charge in [0.2, 0.25) is 15.9 Å². The molecule has 0 fully saturated rings. The number of hydrogen-bond donors (Lipinski definition) is 2. The van der Waals surface area contributed by atoms with Crippen LogP contribution in [0.3, 0.4) is 0 Å². The Morgan fingerprint density at radius 3 is 2.40 bits per heavy atom. The lowest BCUT2D eigenvalue weighted by atomic mass is 10.0. The highest BCUT2D eigenvalue weighted by Gasteiger charge is 2.19. The molecule has 0 aliphatic carbocycles. The van der Waals surface area contributed by atoms with Crippen LogP contribution in [-0.2, 0) is 24.3 Å². The van der Waals surface area contributed by atoms with Crippen molar-refractivity contribution in [3.8, 4) is 0 Å². The molecule has 1 unspecified atom stereocenters. The number of sulfonamides is 1. The molecule has 30 heavy (non-hydrogen) atoms. The van der Waals surface area contributed by atoms with Crippen LogP contribution in [0.2, 0.25) is 0 Å². The van der Waals surface area contributed by atoms with E-state index in [9.17, 15) is 18.0 Å². The van der Waals surface area contributed by atoms with Crippen LogP contribution in [0.4, 0.5) is 0 Å². The summed E-state index contributed by atoms with van der Waals surface area (Å²) in [6.45, 7) is -0.0709. The molecule has 2 N–H and O–H groups in total. The molecule has 0 aliphatic heterocycles. The lowest BCUT2D eigenvalue weighted by Crippen LogP contribution is -2.33. The van der Waals surface area contributed by atoms with Gasteiger partial charge in [0.1, 0.15) is 0 Å². The van der Waals surface area contributed by atoms with E-state index in [-0.39, 0.29) is 25.3 Å². The van der Waals surface area contributed by atoms with E-state index in [1.807, 2.05) is 6.07 Å². The average Bonchev–Trinajstić information content (AvgIpc) is 2.73. The average molecular weight is 495 g/mol. The van der Waals surface area contributed by atoms with E-state index in [1.165, 1.54) is 13.2 Å². The predicted molar refractivity (Wildman–Crippen MR) is 119 cm³/mol. The Bertz CT molecular complexity index is 976. The minimum Gasteiger partial charge on any atom is -0.469 e. The van der Waals surface area contributed by atoms with Crippen LogP contribution in [-0.4, -0.2) is 33.9 Å². The van der Waals surface area contributed by atoms with Gasteiger partial charge < -0.3 is 10.1 Å². The molecule has 1 amide bonds. The number of ether oxygens (including phenoxy) is 1. The summed E-state index contributed by atoms with van der Waals surface area (Å²) in [5, 5.41) is 3.81. The lowest BCUT2D eigenvalue weighted by molar-refractivity contribution is -0.141. The van der Waals surface area contributed by atoms with E-state index < -0.39 is 22.0 Å². The maximum absolute atomic E-state index is 12.3. The van der Waals surface area contributed by atoms with Crippen molar-refractivity contribution in [3.05, 3.63) is 75.6 Å². The fraction of sp³-hybridized carbons (Fsp3) is 0.238. The molecule has 1 atom stereocenters. The van der Waals surface area contributed by atoms with Gasteiger partial charge in [-0.2, -0.15) is 0 Å². The Morgan fingerprint density at radius 2 is 1.77 bits per heavy atom. The summed E-state index contributed by atoms with van der Waals surface area (Å²) in [6.07, 6.45) is 1.37. The molecular formula is C21H23BrN2O5S. The number of carbonyl (C=O) groups excluding carboxylic acids is 2. The topological polar surface area (TPSA) is 102 Å². The zero-order valence-electron chi connectivity index (χ0n) is 16.4. The van der Waals surface area contributed by atoms with Crippen molar-refractivity contribution in [1.29, 1.82) is 0 Å². The predicted octanol–water partition coefficient (Wildman–Crippen LogP) is 3.15. The van der Waals surface area contributed by atoms with E-state index in [1.54, 1.807) is 48.5 Å². The van der Waals surface area contributed by atoms with Gasteiger partial charge in [-0.1, -0.05) is 58.4 Å². The van der Waals surface area contributed by atoms with E-state index in [4.69, 9.17) is 4.74 Å². The third kappa shape index (κ3) is 8.48. The third-order valence-corrected chi connectivity index (χ3v) is 5.73. The van der Waals surface area contributed by atoms with Gasteiger partial charge in [0.25, 0.3) is 0 Å². The molecule has 7 nitrogen and oxygen atoms in total. The highest BCUT2D eigenvalue weighted by Crippen LogP contribution is 2.20. The molecule has 2 aromatic rings. The maximum Gasteiger partial charge on any atom is 0.307 e. The largest absolute Gasteiger partial charge is 0.469 e. The minimum absolute atomic E-state index is 0.0323. The van der Waals surface area contributed by atoms with Crippen LogP contribution in [0.15, 0.2) is 64.5 Å². The number of esters is 1. The molecule has 0 radical (unpaired) electrons. The number of halogens is 1. The number of nitrogens with one attached hydrogen (secondary N) is 2. The first kappa shape index (κ1) is 23.8. The number of hydrogen-bond acceptors (Lipinski definition) is 5. The molecule has 0 aliphatic rings. The Labute approximate surface area is 184 Å². The van der Waals surface area contributed by atoms with Crippen molar-refractivity contribution in [3.63, 3.8) is 0 Å². The summed E-state index contributed by atoms with van der Waals surface area (Å²) < 4.78 is 32.0. The highest BCUT2D eigenvalue weighted by molar-refractivity contribution is 9.10. The lowest BCUT2D eigenvalue weighted by Gasteiger charge is -2.18. The van der Waals surface area contributed by atoms with E-state index >= 15 is 0 Å². The van der Waals surface area contributed by atoms with Gasteiger partial charge in [0.15, 0.2) is 0 Å². The fourth-order valence-electron chi connectivity index (χ4n) is 2.55. The van der Waals surface area contributed by atoms with Gasteiger partial charge in [-0.3, -0.25) is 9.59 Å². The molecular weight excluding hydrogens is 472 g/mol. The van der Waals surface area contributed by atoms with Crippen LogP contribution in [0.1, 0.15) is 30.0 Å². The maximum atomic E-state index is 12.3. The van der Waals surface area contributed by atoms with Crippen molar-refractivity contribution >= 4 is 43.9 Å². The van der Waals surface area contributed by atoms with Gasteiger partial charge in [-0.05, 0) is 29.3 Å². The zero-order chi connectivity index (χ0) is 22.0. The first-order chi connectivity index (χ1) is 14.3. The molecule has 0 spiro atoms. The molecule has 2 aromatic carbocycles. The Kier molecular flexibility index (Phi) is 9.22. The summed E-state index contributed by atoms with van der Waals surface area (Å²) >= 11 is 3.34. The first-order valence-electron chi connectivity index (χ1n) is 9.13. The van der Waals surface area contributed by atoms with Crippen LogP contribution in [0, 0.1) is 0 Å². The second-order valence-electron chi connectivity index (χ2n) is 6.35. The Morgan fingerprint density at radius 1 is 1.10 bits per heavy atom. The van der Waals surface area contributed by atoms with Crippen molar-refractivity contribution < 1.29 is 22.7 Å². The standard InChI is InChI=1S/C21H23BrN2O5S/c1-29-21(26)15-19(17-7-9-18(22)10-8-17)24-20(25)11-13-23-30(27,28)14-12-16-5-3-2-4-6-16/h2-10,12,14,19,23H,11,13,15H2,1H3,(H,24,25)/b14-12+. The minimum atomic E-state index is -3.67. The summed E-state index contributed by atoms with van der Waals surface area (Å²) in [5.41, 5.74) is 1.49. The summed E-state index contributed by atoms with van der Waals surface area (Å²) in [7, 11) is -2.40. The summed E-state index contributed by atoms with van der Waals surface area (Å²) in [5.74, 6) is -0.850. The molecule has 2 rings (SSSR count). The van der Waals surface area contributed by atoms with E-state index in [0.29, 0.717) is 0 Å². The van der Waals surface area contributed by atoms with Crippen LogP contribution in [0.5, 0.6) is 0 Å². The zero-order valence-corrected chi connectivity index (χ0v) is 18.8. The van der Waals surface area contributed by atoms with Gasteiger partial charge >= 0.3 is 5.97 Å². The Balaban J connectivity index is 1.90.